The zero-order chi connectivity index (χ0) is 14.5. The molecule has 0 aromatic heterocycles. The summed E-state index contributed by atoms with van der Waals surface area (Å²) in [5.41, 5.74) is 3.21. The third kappa shape index (κ3) is 3.99. The van der Waals surface area contributed by atoms with Gasteiger partial charge in [0.2, 0.25) is 0 Å². The van der Waals surface area contributed by atoms with Gasteiger partial charge in [-0.25, -0.2) is 0 Å². The number of carboxylic acids is 1. The second-order valence-corrected chi connectivity index (χ2v) is 5.39. The van der Waals surface area contributed by atoms with Gasteiger partial charge in [0.25, 0.3) is 0 Å². The van der Waals surface area contributed by atoms with Crippen molar-refractivity contribution in [3.8, 4) is 11.1 Å². The Morgan fingerprint density at radius 1 is 0.950 bits per heavy atom. The molecule has 4 heteroatoms. The van der Waals surface area contributed by atoms with E-state index in [-0.39, 0.29) is 6.42 Å². The van der Waals surface area contributed by atoms with E-state index in [1.54, 1.807) is 6.07 Å². The van der Waals surface area contributed by atoms with Gasteiger partial charge in [0.1, 0.15) is 0 Å². The van der Waals surface area contributed by atoms with Crippen LogP contribution in [0.3, 0.4) is 0 Å². The number of hydrogen-bond acceptors (Lipinski definition) is 1. The highest BCUT2D eigenvalue weighted by molar-refractivity contribution is 6.42. The van der Waals surface area contributed by atoms with E-state index in [4.69, 9.17) is 28.3 Å². The first-order valence-electron chi connectivity index (χ1n) is 6.32. The number of benzene rings is 2. The molecule has 0 saturated carbocycles. The molecule has 0 amide bonds. The van der Waals surface area contributed by atoms with Gasteiger partial charge < -0.3 is 5.11 Å². The molecule has 2 aromatic carbocycles. The number of rotatable bonds is 5. The molecule has 0 atom stereocenters. The average Bonchev–Trinajstić information content (AvgIpc) is 2.42. The summed E-state index contributed by atoms with van der Waals surface area (Å²) in [4.78, 5) is 10.5. The molecule has 0 spiro atoms. The lowest BCUT2D eigenvalue weighted by Crippen LogP contribution is -1.95. The Kier molecular flexibility index (Phi) is 5.05. The predicted octanol–water partition coefficient (Wildman–Crippen LogP) is 5.07. The van der Waals surface area contributed by atoms with Crippen LogP contribution in [-0.2, 0) is 11.2 Å². The van der Waals surface area contributed by atoms with Gasteiger partial charge in [0, 0.05) is 6.42 Å². The fraction of sp³-hybridized carbons (Fsp3) is 0.188. The van der Waals surface area contributed by atoms with E-state index in [2.05, 4.69) is 0 Å². The highest BCUT2D eigenvalue weighted by Gasteiger charge is 2.03. The third-order valence-corrected chi connectivity index (χ3v) is 3.80. The molecule has 0 aliphatic heterocycles. The van der Waals surface area contributed by atoms with Gasteiger partial charge in [-0.05, 0) is 41.7 Å². The maximum absolute atomic E-state index is 10.5. The molecule has 0 aliphatic rings. The second kappa shape index (κ2) is 6.78. The van der Waals surface area contributed by atoms with Crippen molar-refractivity contribution in [3.05, 3.63) is 58.1 Å². The zero-order valence-corrected chi connectivity index (χ0v) is 12.3. The molecule has 2 aromatic rings. The first kappa shape index (κ1) is 14.9. The highest BCUT2D eigenvalue weighted by Crippen LogP contribution is 2.28. The summed E-state index contributed by atoms with van der Waals surface area (Å²) in [6.45, 7) is 0. The second-order valence-electron chi connectivity index (χ2n) is 4.57. The lowest BCUT2D eigenvalue weighted by molar-refractivity contribution is -0.137. The molecule has 104 valence electrons. The summed E-state index contributed by atoms with van der Waals surface area (Å²) in [7, 11) is 0. The van der Waals surface area contributed by atoms with E-state index in [0.717, 1.165) is 23.1 Å². The van der Waals surface area contributed by atoms with Crippen molar-refractivity contribution in [1.82, 2.24) is 0 Å². The van der Waals surface area contributed by atoms with E-state index in [1.165, 1.54) is 0 Å². The van der Waals surface area contributed by atoms with Crippen LogP contribution < -0.4 is 0 Å². The Balaban J connectivity index is 2.07. The summed E-state index contributed by atoms with van der Waals surface area (Å²) in [6.07, 6.45) is 1.63. The number of carbonyl (C=O) groups is 1. The molecule has 1 N–H and O–H groups in total. The molecule has 0 bridgehead atoms. The number of aryl methyl sites for hydroxylation is 1. The highest BCUT2D eigenvalue weighted by atomic mass is 35.5. The summed E-state index contributed by atoms with van der Waals surface area (Å²) < 4.78 is 0. The normalized spacial score (nSPS) is 10.5. The fourth-order valence-electron chi connectivity index (χ4n) is 1.98. The lowest BCUT2D eigenvalue weighted by atomic mass is 10.0. The summed E-state index contributed by atoms with van der Waals surface area (Å²) in [6, 6.07) is 13.6. The Morgan fingerprint density at radius 2 is 1.60 bits per heavy atom. The van der Waals surface area contributed by atoms with E-state index in [1.807, 2.05) is 36.4 Å². The van der Waals surface area contributed by atoms with Crippen molar-refractivity contribution < 1.29 is 9.90 Å². The molecule has 0 aliphatic carbocycles. The standard InChI is InChI=1S/C16H14Cl2O2/c17-14-9-8-13(10-15(14)18)12-6-4-11(5-7-12)2-1-3-16(19)20/h4-10H,1-3H2,(H,19,20). The number of halogens is 2. The largest absolute Gasteiger partial charge is 0.481 e. The summed E-state index contributed by atoms with van der Waals surface area (Å²) in [5.74, 6) is -0.752. The monoisotopic (exact) mass is 308 g/mol. The van der Waals surface area contributed by atoms with Gasteiger partial charge in [-0.2, -0.15) is 0 Å². The SMILES string of the molecule is O=C(O)CCCc1ccc(-c2ccc(Cl)c(Cl)c2)cc1. The van der Waals surface area contributed by atoms with E-state index in [9.17, 15) is 4.79 Å². The number of carboxylic acid groups (broad SMARTS) is 1. The van der Waals surface area contributed by atoms with E-state index < -0.39 is 5.97 Å². The van der Waals surface area contributed by atoms with E-state index >= 15 is 0 Å². The molecular weight excluding hydrogens is 295 g/mol. The topological polar surface area (TPSA) is 37.3 Å². The molecular formula is C16H14Cl2O2. The fourth-order valence-corrected chi connectivity index (χ4v) is 2.28. The van der Waals surface area contributed by atoms with Gasteiger partial charge in [0.15, 0.2) is 0 Å². The van der Waals surface area contributed by atoms with Crippen LogP contribution in [0.2, 0.25) is 10.0 Å². The van der Waals surface area contributed by atoms with Crippen molar-refractivity contribution in [2.24, 2.45) is 0 Å². The van der Waals surface area contributed by atoms with Gasteiger partial charge in [0.05, 0.1) is 10.0 Å². The smallest absolute Gasteiger partial charge is 0.303 e. The van der Waals surface area contributed by atoms with Gasteiger partial charge >= 0.3 is 5.97 Å². The zero-order valence-electron chi connectivity index (χ0n) is 10.8. The Labute approximate surface area is 128 Å². The maximum Gasteiger partial charge on any atom is 0.303 e. The van der Waals surface area contributed by atoms with Crippen molar-refractivity contribution >= 4 is 29.2 Å². The third-order valence-electron chi connectivity index (χ3n) is 3.06. The van der Waals surface area contributed by atoms with Gasteiger partial charge in [-0.15, -0.1) is 0 Å². The summed E-state index contributed by atoms with van der Waals surface area (Å²) in [5, 5.41) is 9.69. The predicted molar refractivity (Wildman–Crippen MR) is 82.5 cm³/mol. The van der Waals surface area contributed by atoms with Crippen LogP contribution in [0.1, 0.15) is 18.4 Å². The molecule has 0 saturated heterocycles. The summed E-state index contributed by atoms with van der Waals surface area (Å²) >= 11 is 11.9. The minimum absolute atomic E-state index is 0.203. The first-order chi connectivity index (χ1) is 9.56. The van der Waals surface area contributed by atoms with Crippen LogP contribution in [0.4, 0.5) is 0 Å². The molecule has 2 nitrogen and oxygen atoms in total. The molecule has 0 unspecified atom stereocenters. The van der Waals surface area contributed by atoms with Crippen LogP contribution in [-0.4, -0.2) is 11.1 Å². The molecule has 0 radical (unpaired) electrons. The molecule has 2 rings (SSSR count). The van der Waals surface area contributed by atoms with Gasteiger partial charge in [-0.1, -0.05) is 53.5 Å². The van der Waals surface area contributed by atoms with Crippen molar-refractivity contribution in [2.75, 3.05) is 0 Å². The number of aliphatic carboxylic acids is 1. The Hall–Kier alpha value is -1.51. The van der Waals surface area contributed by atoms with Crippen LogP contribution in [0.15, 0.2) is 42.5 Å². The minimum atomic E-state index is -0.752. The number of hydrogen-bond donors (Lipinski definition) is 1. The Bertz CT molecular complexity index is 606. The molecule has 0 fully saturated rings. The van der Waals surface area contributed by atoms with E-state index in [0.29, 0.717) is 16.5 Å². The van der Waals surface area contributed by atoms with Crippen molar-refractivity contribution in [3.63, 3.8) is 0 Å². The van der Waals surface area contributed by atoms with Gasteiger partial charge in [-0.3, -0.25) is 4.79 Å². The average molecular weight is 309 g/mol. The lowest BCUT2D eigenvalue weighted by Gasteiger charge is -2.05. The van der Waals surface area contributed by atoms with Crippen LogP contribution in [0.5, 0.6) is 0 Å². The first-order valence-corrected chi connectivity index (χ1v) is 7.08. The molecule has 0 heterocycles. The molecule has 20 heavy (non-hydrogen) atoms. The van der Waals surface area contributed by atoms with Crippen LogP contribution in [0, 0.1) is 0 Å². The van der Waals surface area contributed by atoms with Crippen LogP contribution in [0.25, 0.3) is 11.1 Å². The van der Waals surface area contributed by atoms with Crippen molar-refractivity contribution in [1.29, 1.82) is 0 Å². The minimum Gasteiger partial charge on any atom is -0.481 e. The Morgan fingerprint density at radius 3 is 2.20 bits per heavy atom. The van der Waals surface area contributed by atoms with Crippen molar-refractivity contribution in [2.45, 2.75) is 19.3 Å². The van der Waals surface area contributed by atoms with Crippen LogP contribution >= 0.6 is 23.2 Å². The maximum atomic E-state index is 10.5. The quantitative estimate of drug-likeness (QED) is 0.837.